The average molecular weight is 424 g/mol. The Kier molecular flexibility index (Phi) is 5.97. The highest BCUT2D eigenvalue weighted by Gasteiger charge is 2.20. The van der Waals surface area contributed by atoms with Crippen LogP contribution in [-0.2, 0) is 0 Å². The van der Waals surface area contributed by atoms with E-state index in [1.807, 2.05) is 6.92 Å². The highest BCUT2D eigenvalue weighted by molar-refractivity contribution is 5.94. The van der Waals surface area contributed by atoms with E-state index in [4.69, 9.17) is 17.9 Å². The molecule has 0 saturated carbocycles. The fourth-order valence-electron chi connectivity index (χ4n) is 2.97. The smallest absolute Gasteiger partial charge is 0.273 e. The predicted molar refractivity (Wildman–Crippen MR) is 107 cm³/mol. The normalized spacial score (nSPS) is 11.9. The van der Waals surface area contributed by atoms with Gasteiger partial charge in [0, 0.05) is 24.7 Å². The Bertz CT molecular complexity index is 1130. The van der Waals surface area contributed by atoms with Gasteiger partial charge in [-0.25, -0.2) is 0 Å². The Morgan fingerprint density at radius 1 is 0.903 bits per heavy atom. The van der Waals surface area contributed by atoms with Crippen LogP contribution >= 0.6 is 0 Å². The van der Waals surface area contributed by atoms with Gasteiger partial charge >= 0.3 is 0 Å². The van der Waals surface area contributed by atoms with E-state index in [-0.39, 0.29) is 24.0 Å². The molecule has 1 atom stereocenters. The highest BCUT2D eigenvalue weighted by Crippen LogP contribution is 2.21. The van der Waals surface area contributed by atoms with Crippen molar-refractivity contribution >= 4 is 11.8 Å². The SMILES string of the molecule is CCCC(CNC(=O)c1cc(-c2ccco2)on1)NC(=O)c1cc(-c2ccco2)on1. The van der Waals surface area contributed by atoms with E-state index in [1.54, 1.807) is 24.3 Å². The second kappa shape index (κ2) is 9.16. The van der Waals surface area contributed by atoms with E-state index in [0.29, 0.717) is 29.5 Å². The van der Waals surface area contributed by atoms with Crippen molar-refractivity contribution in [3.63, 3.8) is 0 Å². The van der Waals surface area contributed by atoms with Gasteiger partial charge in [-0.1, -0.05) is 23.7 Å². The topological polar surface area (TPSA) is 137 Å². The van der Waals surface area contributed by atoms with Gasteiger partial charge in [-0.05, 0) is 30.7 Å². The molecular weight excluding hydrogens is 404 g/mol. The molecule has 2 amide bonds. The minimum Gasteiger partial charge on any atom is -0.461 e. The number of hydrogen-bond acceptors (Lipinski definition) is 8. The molecule has 0 aliphatic heterocycles. The average Bonchev–Trinajstić information content (AvgIpc) is 3.58. The standard InChI is InChI=1S/C21H20N4O6/c1-2-5-13(23-21(27)15-11-19(31-25-15)17-7-4-9-29-17)12-22-20(26)14-10-18(30-24-14)16-6-3-8-28-16/h3-4,6-11,13H,2,5,12H2,1H3,(H,22,26)(H,23,27). The molecular formula is C21H20N4O6. The van der Waals surface area contributed by atoms with Crippen molar-refractivity contribution < 1.29 is 27.5 Å². The van der Waals surface area contributed by atoms with Gasteiger partial charge in [-0.15, -0.1) is 0 Å². The number of nitrogens with one attached hydrogen (secondary N) is 2. The zero-order valence-electron chi connectivity index (χ0n) is 16.7. The van der Waals surface area contributed by atoms with Gasteiger partial charge in [0.15, 0.2) is 22.9 Å². The molecule has 0 spiro atoms. The first-order chi connectivity index (χ1) is 15.1. The number of furan rings is 2. The summed E-state index contributed by atoms with van der Waals surface area (Å²) in [6, 6.07) is 9.52. The van der Waals surface area contributed by atoms with E-state index in [2.05, 4.69) is 20.9 Å². The van der Waals surface area contributed by atoms with Gasteiger partial charge in [0.2, 0.25) is 11.5 Å². The summed E-state index contributed by atoms with van der Waals surface area (Å²) in [5, 5.41) is 13.2. The first-order valence-electron chi connectivity index (χ1n) is 9.74. The molecule has 10 nitrogen and oxygen atoms in total. The predicted octanol–water partition coefficient (Wildman–Crippen LogP) is 3.51. The second-order valence-corrected chi connectivity index (χ2v) is 6.78. The molecule has 1 unspecified atom stereocenters. The zero-order chi connectivity index (χ0) is 21.6. The summed E-state index contributed by atoms with van der Waals surface area (Å²) in [4.78, 5) is 25.0. The minimum absolute atomic E-state index is 0.118. The van der Waals surface area contributed by atoms with Crippen molar-refractivity contribution in [2.75, 3.05) is 6.54 Å². The minimum atomic E-state index is -0.418. The molecule has 0 radical (unpaired) electrons. The van der Waals surface area contributed by atoms with Crippen molar-refractivity contribution in [2.45, 2.75) is 25.8 Å². The largest absolute Gasteiger partial charge is 0.461 e. The number of amides is 2. The monoisotopic (exact) mass is 424 g/mol. The summed E-state index contributed by atoms with van der Waals surface area (Å²) in [5.74, 6) is 0.838. The summed E-state index contributed by atoms with van der Waals surface area (Å²) in [6.45, 7) is 2.20. The van der Waals surface area contributed by atoms with Crippen molar-refractivity contribution in [3.8, 4) is 23.0 Å². The second-order valence-electron chi connectivity index (χ2n) is 6.78. The number of rotatable bonds is 9. The van der Waals surface area contributed by atoms with Crippen LogP contribution in [0, 0.1) is 0 Å². The van der Waals surface area contributed by atoms with Crippen molar-refractivity contribution in [1.29, 1.82) is 0 Å². The lowest BCUT2D eigenvalue weighted by atomic mass is 10.1. The van der Waals surface area contributed by atoms with Crippen LogP contribution in [0.4, 0.5) is 0 Å². The molecule has 0 aromatic carbocycles. The molecule has 0 fully saturated rings. The van der Waals surface area contributed by atoms with Gasteiger partial charge < -0.3 is 28.5 Å². The number of nitrogens with zero attached hydrogens (tertiary/aromatic N) is 2. The number of carbonyl (C=O) groups is 2. The lowest BCUT2D eigenvalue weighted by molar-refractivity contribution is 0.0897. The van der Waals surface area contributed by atoms with Crippen LogP contribution in [0.3, 0.4) is 0 Å². The molecule has 4 heterocycles. The molecule has 2 N–H and O–H groups in total. The van der Waals surface area contributed by atoms with Gasteiger partial charge in [0.25, 0.3) is 11.8 Å². The quantitative estimate of drug-likeness (QED) is 0.416. The van der Waals surface area contributed by atoms with E-state index >= 15 is 0 Å². The Morgan fingerprint density at radius 3 is 2.00 bits per heavy atom. The molecule has 10 heteroatoms. The van der Waals surface area contributed by atoms with E-state index in [1.165, 1.54) is 24.7 Å². The van der Waals surface area contributed by atoms with Gasteiger partial charge in [-0.2, -0.15) is 0 Å². The van der Waals surface area contributed by atoms with Gasteiger partial charge in [0.05, 0.1) is 12.5 Å². The molecule has 0 aliphatic rings. The summed E-state index contributed by atoms with van der Waals surface area (Å²) >= 11 is 0. The molecule has 4 aromatic heterocycles. The number of carbonyl (C=O) groups excluding carboxylic acids is 2. The van der Waals surface area contributed by atoms with E-state index < -0.39 is 11.8 Å². The van der Waals surface area contributed by atoms with Crippen LogP contribution in [0.25, 0.3) is 23.0 Å². The maximum atomic E-state index is 12.5. The fourth-order valence-corrected chi connectivity index (χ4v) is 2.97. The van der Waals surface area contributed by atoms with Crippen LogP contribution in [0.1, 0.15) is 40.7 Å². The molecule has 0 bridgehead atoms. The van der Waals surface area contributed by atoms with E-state index in [0.717, 1.165) is 6.42 Å². The van der Waals surface area contributed by atoms with Gasteiger partial charge in [0.1, 0.15) is 0 Å². The van der Waals surface area contributed by atoms with Crippen LogP contribution < -0.4 is 10.6 Å². The first-order valence-corrected chi connectivity index (χ1v) is 9.74. The van der Waals surface area contributed by atoms with Crippen LogP contribution in [0.5, 0.6) is 0 Å². The maximum absolute atomic E-state index is 12.5. The van der Waals surface area contributed by atoms with Gasteiger partial charge in [-0.3, -0.25) is 9.59 Å². The van der Waals surface area contributed by atoms with Crippen LogP contribution in [0.2, 0.25) is 0 Å². The number of aromatic nitrogens is 2. The summed E-state index contributed by atoms with van der Waals surface area (Å²) in [6.07, 6.45) is 4.47. The third kappa shape index (κ3) is 4.74. The van der Waals surface area contributed by atoms with Crippen LogP contribution in [0.15, 0.2) is 66.8 Å². The summed E-state index contributed by atoms with van der Waals surface area (Å²) in [7, 11) is 0. The first kappa shape index (κ1) is 20.2. The van der Waals surface area contributed by atoms with Crippen LogP contribution in [-0.4, -0.2) is 34.7 Å². The highest BCUT2D eigenvalue weighted by atomic mass is 16.5. The summed E-state index contributed by atoms with van der Waals surface area (Å²) in [5.41, 5.74) is 0.242. The third-order valence-electron chi connectivity index (χ3n) is 4.50. The Labute approximate surface area is 176 Å². The van der Waals surface area contributed by atoms with E-state index in [9.17, 15) is 9.59 Å². The van der Waals surface area contributed by atoms with Crippen molar-refractivity contribution in [3.05, 3.63) is 60.3 Å². The summed E-state index contributed by atoms with van der Waals surface area (Å²) < 4.78 is 20.8. The molecule has 0 saturated heterocycles. The number of hydrogen-bond donors (Lipinski definition) is 2. The third-order valence-corrected chi connectivity index (χ3v) is 4.50. The lowest BCUT2D eigenvalue weighted by Gasteiger charge is -2.17. The molecule has 4 aromatic rings. The van der Waals surface area contributed by atoms with Crippen molar-refractivity contribution in [2.24, 2.45) is 0 Å². The Balaban J connectivity index is 1.34. The fraction of sp³-hybridized carbons (Fsp3) is 0.238. The Morgan fingerprint density at radius 2 is 1.48 bits per heavy atom. The van der Waals surface area contributed by atoms with Crippen molar-refractivity contribution in [1.82, 2.24) is 20.9 Å². The Hall–Kier alpha value is -4.08. The molecule has 0 aliphatic carbocycles. The zero-order valence-corrected chi connectivity index (χ0v) is 16.7. The maximum Gasteiger partial charge on any atom is 0.273 e. The lowest BCUT2D eigenvalue weighted by Crippen LogP contribution is -2.43. The molecule has 160 valence electrons. The molecule has 4 rings (SSSR count). The molecule has 31 heavy (non-hydrogen) atoms.